The largest absolute Gasteiger partial charge is 0.463 e. The molecule has 0 aliphatic rings. The highest BCUT2D eigenvalue weighted by Crippen LogP contribution is 1.91. The van der Waals surface area contributed by atoms with E-state index in [2.05, 4.69) is 4.98 Å². The topological polar surface area (TPSA) is 53.4 Å². The predicted molar refractivity (Wildman–Crippen MR) is 55.6 cm³/mol. The smallest absolute Gasteiger partial charge is 0.302 e. The van der Waals surface area contributed by atoms with Crippen LogP contribution in [0.2, 0.25) is 0 Å². The van der Waals surface area contributed by atoms with E-state index in [9.17, 15) is 4.79 Å². The molecule has 5 nitrogen and oxygen atoms in total. The summed E-state index contributed by atoms with van der Waals surface area (Å²) in [6, 6.07) is 1.77. The molecule has 0 unspecified atom stereocenters. The van der Waals surface area contributed by atoms with Gasteiger partial charge >= 0.3 is 5.97 Å². The van der Waals surface area contributed by atoms with E-state index in [-0.39, 0.29) is 12.6 Å². The molecule has 15 heavy (non-hydrogen) atoms. The summed E-state index contributed by atoms with van der Waals surface area (Å²) in [5, 5.41) is 0. The zero-order chi connectivity index (χ0) is 11.1. The summed E-state index contributed by atoms with van der Waals surface area (Å²) < 4.78 is 12.1. The number of carbonyl (C=O) groups is 1. The summed E-state index contributed by atoms with van der Waals surface area (Å²) in [4.78, 5) is 14.3. The minimum atomic E-state index is -0.309. The van der Waals surface area contributed by atoms with Crippen LogP contribution in [0, 0.1) is 4.77 Å². The highest BCUT2D eigenvalue weighted by atomic mass is 32.1. The number of hydrogen-bond donors (Lipinski definition) is 0. The molecule has 0 aliphatic heterocycles. The van der Waals surface area contributed by atoms with E-state index in [1.54, 1.807) is 23.0 Å². The molecule has 0 atom stereocenters. The Morgan fingerprint density at radius 1 is 1.60 bits per heavy atom. The van der Waals surface area contributed by atoms with Crippen LogP contribution in [-0.2, 0) is 21.0 Å². The van der Waals surface area contributed by atoms with Gasteiger partial charge in [-0.1, -0.05) is 0 Å². The molecule has 1 aromatic rings. The van der Waals surface area contributed by atoms with Crippen molar-refractivity contribution < 1.29 is 14.3 Å². The number of nitrogens with zero attached hydrogens (tertiary/aromatic N) is 2. The second-order valence-corrected chi connectivity index (χ2v) is 3.11. The summed E-state index contributed by atoms with van der Waals surface area (Å²) in [7, 11) is 0. The van der Waals surface area contributed by atoms with E-state index in [1.807, 2.05) is 0 Å². The van der Waals surface area contributed by atoms with E-state index in [0.29, 0.717) is 18.1 Å². The number of carbonyl (C=O) groups excluding carboxylic acids is 1. The van der Waals surface area contributed by atoms with E-state index in [1.165, 1.54) is 6.92 Å². The fourth-order valence-electron chi connectivity index (χ4n) is 0.893. The molecule has 82 valence electrons. The zero-order valence-electron chi connectivity index (χ0n) is 8.38. The number of hydrogen-bond acceptors (Lipinski definition) is 5. The maximum atomic E-state index is 10.4. The van der Waals surface area contributed by atoms with Crippen LogP contribution < -0.4 is 0 Å². The highest BCUT2D eigenvalue weighted by Gasteiger charge is 1.94. The van der Waals surface area contributed by atoms with Crippen molar-refractivity contribution in [2.75, 3.05) is 13.2 Å². The summed E-state index contributed by atoms with van der Waals surface area (Å²) >= 11 is 4.96. The van der Waals surface area contributed by atoms with Crippen LogP contribution in [-0.4, -0.2) is 28.7 Å². The maximum absolute atomic E-state index is 10.4. The minimum absolute atomic E-state index is 0.253. The Kier molecular flexibility index (Phi) is 4.92. The lowest BCUT2D eigenvalue weighted by atomic mass is 10.7. The third kappa shape index (κ3) is 4.66. The van der Waals surface area contributed by atoms with Gasteiger partial charge in [0.05, 0.1) is 6.61 Å². The average molecular weight is 228 g/mol. The first kappa shape index (κ1) is 11.8. The van der Waals surface area contributed by atoms with E-state index >= 15 is 0 Å². The van der Waals surface area contributed by atoms with E-state index in [4.69, 9.17) is 21.7 Å². The van der Waals surface area contributed by atoms with Crippen molar-refractivity contribution in [2.45, 2.75) is 13.7 Å². The summed E-state index contributed by atoms with van der Waals surface area (Å²) in [5.41, 5.74) is 0. The molecule has 0 aromatic carbocycles. The third-order valence-corrected chi connectivity index (χ3v) is 1.89. The molecule has 0 N–H and O–H groups in total. The number of aromatic nitrogens is 2. The van der Waals surface area contributed by atoms with Gasteiger partial charge in [-0.15, -0.1) is 0 Å². The maximum Gasteiger partial charge on any atom is 0.302 e. The van der Waals surface area contributed by atoms with Crippen LogP contribution in [0.25, 0.3) is 0 Å². The monoisotopic (exact) mass is 228 g/mol. The van der Waals surface area contributed by atoms with Gasteiger partial charge in [0.15, 0.2) is 0 Å². The average Bonchev–Trinajstić information content (AvgIpc) is 2.20. The van der Waals surface area contributed by atoms with Crippen LogP contribution in [0.1, 0.15) is 6.92 Å². The van der Waals surface area contributed by atoms with Gasteiger partial charge in [0, 0.05) is 19.3 Å². The van der Waals surface area contributed by atoms with E-state index < -0.39 is 0 Å². The molecule has 1 heterocycles. The molecular formula is C9H12N2O3S. The fraction of sp³-hybridized carbons (Fsp3) is 0.444. The molecule has 0 aliphatic carbocycles. The van der Waals surface area contributed by atoms with E-state index in [0.717, 1.165) is 0 Å². The van der Waals surface area contributed by atoms with Crippen molar-refractivity contribution in [3.05, 3.63) is 23.2 Å². The van der Waals surface area contributed by atoms with Gasteiger partial charge in [-0.25, -0.2) is 4.98 Å². The SMILES string of the molecule is CC(=O)OCCOCn1cccnc1=S. The molecule has 1 rings (SSSR count). The zero-order valence-corrected chi connectivity index (χ0v) is 9.20. The summed E-state index contributed by atoms with van der Waals surface area (Å²) in [6.07, 6.45) is 3.40. The lowest BCUT2D eigenvalue weighted by molar-refractivity contribution is -0.142. The Balaban J connectivity index is 2.24. The first-order chi connectivity index (χ1) is 7.20. The van der Waals surface area contributed by atoms with Gasteiger partial charge in [-0.05, 0) is 18.3 Å². The Bertz CT molecular complexity index is 378. The molecule has 6 heteroatoms. The Morgan fingerprint density at radius 3 is 3.07 bits per heavy atom. The lowest BCUT2D eigenvalue weighted by Crippen LogP contribution is -2.11. The van der Waals surface area contributed by atoms with Gasteiger partial charge in [0.25, 0.3) is 0 Å². The highest BCUT2D eigenvalue weighted by molar-refractivity contribution is 7.71. The summed E-state index contributed by atoms with van der Waals surface area (Å²) in [5.74, 6) is -0.309. The predicted octanol–water partition coefficient (Wildman–Crippen LogP) is 1.15. The van der Waals surface area contributed by atoms with Crippen molar-refractivity contribution >= 4 is 18.2 Å². The minimum Gasteiger partial charge on any atom is -0.463 e. The van der Waals surface area contributed by atoms with Gasteiger partial charge in [0.1, 0.15) is 13.3 Å². The van der Waals surface area contributed by atoms with Crippen molar-refractivity contribution in [1.82, 2.24) is 9.55 Å². The van der Waals surface area contributed by atoms with Gasteiger partial charge in [-0.2, -0.15) is 0 Å². The number of rotatable bonds is 5. The van der Waals surface area contributed by atoms with Crippen LogP contribution in [0.5, 0.6) is 0 Å². The summed E-state index contributed by atoms with van der Waals surface area (Å²) in [6.45, 7) is 2.27. The molecule has 0 saturated heterocycles. The molecule has 0 fully saturated rings. The van der Waals surface area contributed by atoms with Gasteiger partial charge < -0.3 is 9.47 Å². The van der Waals surface area contributed by atoms with Crippen LogP contribution in [0.4, 0.5) is 0 Å². The lowest BCUT2D eigenvalue weighted by Gasteiger charge is -2.06. The molecule has 0 saturated carbocycles. The van der Waals surface area contributed by atoms with Crippen molar-refractivity contribution in [3.8, 4) is 0 Å². The second-order valence-electron chi connectivity index (χ2n) is 2.75. The number of esters is 1. The fourth-order valence-corrected chi connectivity index (χ4v) is 1.07. The van der Waals surface area contributed by atoms with Gasteiger partial charge in [0.2, 0.25) is 4.77 Å². The molecule has 0 spiro atoms. The van der Waals surface area contributed by atoms with Crippen LogP contribution >= 0.6 is 12.2 Å². The van der Waals surface area contributed by atoms with Crippen molar-refractivity contribution in [2.24, 2.45) is 0 Å². The number of ether oxygens (including phenoxy) is 2. The van der Waals surface area contributed by atoms with Crippen LogP contribution in [0.15, 0.2) is 18.5 Å². The molecule has 0 amide bonds. The van der Waals surface area contributed by atoms with Crippen molar-refractivity contribution in [1.29, 1.82) is 0 Å². The van der Waals surface area contributed by atoms with Crippen LogP contribution in [0.3, 0.4) is 0 Å². The Morgan fingerprint density at radius 2 is 2.40 bits per heavy atom. The quantitative estimate of drug-likeness (QED) is 0.430. The molecule has 0 bridgehead atoms. The molecule has 1 aromatic heterocycles. The standard InChI is InChI=1S/C9H12N2O3S/c1-8(12)14-6-5-13-7-11-4-2-3-10-9(11)15/h2-4H,5-7H2,1H3. The molecular weight excluding hydrogens is 216 g/mol. The first-order valence-electron chi connectivity index (χ1n) is 4.42. The van der Waals surface area contributed by atoms with Gasteiger partial charge in [-0.3, -0.25) is 9.36 Å². The first-order valence-corrected chi connectivity index (χ1v) is 4.83. The van der Waals surface area contributed by atoms with Crippen molar-refractivity contribution in [3.63, 3.8) is 0 Å². The third-order valence-electron chi connectivity index (χ3n) is 1.55. The normalized spacial score (nSPS) is 9.93. The Hall–Kier alpha value is -1.27. The molecule has 0 radical (unpaired) electrons. The second kappa shape index (κ2) is 6.26. The Labute approximate surface area is 92.7 Å².